The first-order valence-electron chi connectivity index (χ1n) is 10.3. The predicted molar refractivity (Wildman–Crippen MR) is 128 cm³/mol. The second-order valence-corrected chi connectivity index (χ2v) is 8.25. The number of carbonyl (C=O) groups is 1. The lowest BCUT2D eigenvalue weighted by molar-refractivity contribution is 0.102. The number of methoxy groups -OCH3 is 1. The number of rotatable bonds is 7. The fourth-order valence-corrected chi connectivity index (χ4v) is 4.47. The summed E-state index contributed by atoms with van der Waals surface area (Å²) in [6, 6.07) is 25.6. The van der Waals surface area contributed by atoms with Crippen LogP contribution in [0.25, 0.3) is 22.4 Å². The van der Waals surface area contributed by atoms with Crippen LogP contribution >= 0.6 is 11.3 Å². The molecule has 4 nitrogen and oxygen atoms in total. The van der Waals surface area contributed by atoms with Crippen molar-refractivity contribution in [3.05, 3.63) is 89.3 Å². The minimum atomic E-state index is -0.155. The summed E-state index contributed by atoms with van der Waals surface area (Å²) in [6.45, 7) is 2.14. The van der Waals surface area contributed by atoms with Gasteiger partial charge in [0.05, 0.1) is 12.8 Å². The summed E-state index contributed by atoms with van der Waals surface area (Å²) < 4.78 is 5.25. The van der Waals surface area contributed by atoms with E-state index in [0.29, 0.717) is 10.7 Å². The third-order valence-electron chi connectivity index (χ3n) is 5.01. The largest absolute Gasteiger partial charge is 0.497 e. The van der Waals surface area contributed by atoms with Crippen molar-refractivity contribution in [1.82, 2.24) is 4.98 Å². The van der Waals surface area contributed by atoms with E-state index in [1.807, 2.05) is 66.7 Å². The first-order chi connectivity index (χ1) is 15.2. The molecule has 3 aromatic carbocycles. The van der Waals surface area contributed by atoms with E-state index < -0.39 is 0 Å². The van der Waals surface area contributed by atoms with Gasteiger partial charge in [0.1, 0.15) is 5.75 Å². The molecule has 0 unspecified atom stereocenters. The molecule has 0 saturated heterocycles. The lowest BCUT2D eigenvalue weighted by atomic mass is 10.0. The molecule has 0 spiro atoms. The predicted octanol–water partition coefficient (Wildman–Crippen LogP) is 6.69. The van der Waals surface area contributed by atoms with Crippen LogP contribution in [0.1, 0.15) is 28.6 Å². The van der Waals surface area contributed by atoms with Gasteiger partial charge in [0.25, 0.3) is 5.91 Å². The molecule has 0 radical (unpaired) electrons. The van der Waals surface area contributed by atoms with E-state index >= 15 is 0 Å². The molecule has 31 heavy (non-hydrogen) atoms. The van der Waals surface area contributed by atoms with Gasteiger partial charge in [0.15, 0.2) is 5.13 Å². The van der Waals surface area contributed by atoms with Gasteiger partial charge in [-0.15, -0.1) is 11.3 Å². The summed E-state index contributed by atoms with van der Waals surface area (Å²) >= 11 is 1.54. The average molecular weight is 429 g/mol. The number of thiazole rings is 1. The standard InChI is InChI=1S/C26H24N2O2S/c1-3-7-23-24(20-14-16-22(30-2)17-15-20)27-26(31-23)28-25(29)21-12-10-19(11-13-21)18-8-5-4-6-9-18/h4-6,8-17H,3,7H2,1-2H3,(H,27,28,29). The summed E-state index contributed by atoms with van der Waals surface area (Å²) in [5.41, 5.74) is 4.76. The third kappa shape index (κ3) is 4.84. The van der Waals surface area contributed by atoms with Crippen molar-refractivity contribution in [2.75, 3.05) is 12.4 Å². The quantitative estimate of drug-likeness (QED) is 0.357. The van der Waals surface area contributed by atoms with E-state index in [1.54, 1.807) is 7.11 Å². The van der Waals surface area contributed by atoms with Crippen molar-refractivity contribution < 1.29 is 9.53 Å². The average Bonchev–Trinajstić information content (AvgIpc) is 3.22. The molecule has 5 heteroatoms. The van der Waals surface area contributed by atoms with Crippen LogP contribution in [0.5, 0.6) is 5.75 Å². The highest BCUT2D eigenvalue weighted by Crippen LogP contribution is 2.33. The topological polar surface area (TPSA) is 51.2 Å². The second-order valence-electron chi connectivity index (χ2n) is 7.17. The molecule has 1 N–H and O–H groups in total. The van der Waals surface area contributed by atoms with Gasteiger partial charge >= 0.3 is 0 Å². The van der Waals surface area contributed by atoms with Crippen LogP contribution in [0, 0.1) is 0 Å². The molecule has 0 saturated carbocycles. The molecule has 0 atom stereocenters. The molecular formula is C26H24N2O2S. The number of carbonyl (C=O) groups excluding carboxylic acids is 1. The lowest BCUT2D eigenvalue weighted by Gasteiger charge is -2.05. The Morgan fingerprint density at radius 3 is 2.19 bits per heavy atom. The number of aromatic nitrogens is 1. The minimum absolute atomic E-state index is 0.155. The SMILES string of the molecule is CCCc1sc(NC(=O)c2ccc(-c3ccccc3)cc2)nc1-c1ccc(OC)cc1. The highest BCUT2D eigenvalue weighted by molar-refractivity contribution is 7.16. The summed E-state index contributed by atoms with van der Waals surface area (Å²) in [5.74, 6) is 0.654. The fraction of sp³-hybridized carbons (Fsp3) is 0.154. The molecule has 4 aromatic rings. The monoisotopic (exact) mass is 428 g/mol. The highest BCUT2D eigenvalue weighted by atomic mass is 32.1. The van der Waals surface area contributed by atoms with E-state index in [9.17, 15) is 4.79 Å². The smallest absolute Gasteiger partial charge is 0.257 e. The normalized spacial score (nSPS) is 10.6. The molecular weight excluding hydrogens is 404 g/mol. The summed E-state index contributed by atoms with van der Waals surface area (Å²) in [6.07, 6.45) is 1.93. The first kappa shape index (κ1) is 20.8. The zero-order valence-corrected chi connectivity index (χ0v) is 18.4. The van der Waals surface area contributed by atoms with E-state index in [4.69, 9.17) is 9.72 Å². The maximum absolute atomic E-state index is 12.8. The second kappa shape index (κ2) is 9.58. The van der Waals surface area contributed by atoms with Crippen LogP contribution < -0.4 is 10.1 Å². The Balaban J connectivity index is 1.53. The number of aryl methyl sites for hydroxylation is 1. The highest BCUT2D eigenvalue weighted by Gasteiger charge is 2.15. The fourth-order valence-electron chi connectivity index (χ4n) is 3.39. The van der Waals surface area contributed by atoms with E-state index in [1.165, 1.54) is 16.2 Å². The van der Waals surface area contributed by atoms with Gasteiger partial charge in [-0.1, -0.05) is 55.8 Å². The minimum Gasteiger partial charge on any atom is -0.497 e. The van der Waals surface area contributed by atoms with Gasteiger partial charge in [0, 0.05) is 16.0 Å². The third-order valence-corrected chi connectivity index (χ3v) is 6.04. The maximum atomic E-state index is 12.8. The van der Waals surface area contributed by atoms with E-state index in [0.717, 1.165) is 41.0 Å². The molecule has 0 aliphatic carbocycles. The van der Waals surface area contributed by atoms with Crippen molar-refractivity contribution in [2.45, 2.75) is 19.8 Å². The van der Waals surface area contributed by atoms with Gasteiger partial charge in [-0.2, -0.15) is 0 Å². The molecule has 156 valence electrons. The van der Waals surface area contributed by atoms with Gasteiger partial charge in [0.2, 0.25) is 0 Å². The van der Waals surface area contributed by atoms with Gasteiger partial charge < -0.3 is 4.74 Å². The van der Waals surface area contributed by atoms with Crippen LogP contribution in [0.4, 0.5) is 5.13 Å². The zero-order valence-electron chi connectivity index (χ0n) is 17.6. The van der Waals surface area contributed by atoms with Crippen LogP contribution in [0.3, 0.4) is 0 Å². The van der Waals surface area contributed by atoms with Crippen molar-refractivity contribution in [1.29, 1.82) is 0 Å². The molecule has 0 aliphatic rings. The number of nitrogens with zero attached hydrogens (tertiary/aromatic N) is 1. The Bertz CT molecular complexity index is 1150. The molecule has 1 aromatic heterocycles. The Morgan fingerprint density at radius 2 is 1.55 bits per heavy atom. The van der Waals surface area contributed by atoms with Crippen LogP contribution in [0.15, 0.2) is 78.9 Å². The number of hydrogen-bond acceptors (Lipinski definition) is 4. The molecule has 1 heterocycles. The molecule has 4 rings (SSSR count). The Kier molecular flexibility index (Phi) is 6.43. The van der Waals surface area contributed by atoms with E-state index in [2.05, 4.69) is 24.4 Å². The zero-order chi connectivity index (χ0) is 21.6. The molecule has 0 bridgehead atoms. The van der Waals surface area contributed by atoms with Crippen LogP contribution in [0.2, 0.25) is 0 Å². The number of nitrogens with one attached hydrogen (secondary N) is 1. The lowest BCUT2D eigenvalue weighted by Crippen LogP contribution is -2.11. The van der Waals surface area contributed by atoms with Crippen molar-refractivity contribution in [2.24, 2.45) is 0 Å². The van der Waals surface area contributed by atoms with Crippen LogP contribution in [-0.2, 0) is 6.42 Å². The Labute approximate surface area is 186 Å². The molecule has 0 aliphatic heterocycles. The van der Waals surface area contributed by atoms with Gasteiger partial charge in [-0.25, -0.2) is 4.98 Å². The number of anilines is 1. The number of benzene rings is 3. The van der Waals surface area contributed by atoms with Crippen molar-refractivity contribution >= 4 is 22.4 Å². The Morgan fingerprint density at radius 1 is 0.903 bits per heavy atom. The summed E-state index contributed by atoms with van der Waals surface area (Å²) in [4.78, 5) is 18.7. The molecule has 0 fully saturated rings. The number of amides is 1. The first-order valence-corrected chi connectivity index (χ1v) is 11.1. The van der Waals surface area contributed by atoms with Crippen molar-refractivity contribution in [3.63, 3.8) is 0 Å². The maximum Gasteiger partial charge on any atom is 0.257 e. The summed E-state index contributed by atoms with van der Waals surface area (Å²) in [7, 11) is 1.65. The van der Waals surface area contributed by atoms with Gasteiger partial charge in [-0.05, 0) is 53.9 Å². The molecule has 1 amide bonds. The Hall–Kier alpha value is -3.44. The van der Waals surface area contributed by atoms with E-state index in [-0.39, 0.29) is 5.91 Å². The van der Waals surface area contributed by atoms with Crippen LogP contribution in [-0.4, -0.2) is 18.0 Å². The van der Waals surface area contributed by atoms with Gasteiger partial charge in [-0.3, -0.25) is 10.1 Å². The number of ether oxygens (including phenoxy) is 1. The number of hydrogen-bond donors (Lipinski definition) is 1. The van der Waals surface area contributed by atoms with Crippen molar-refractivity contribution in [3.8, 4) is 28.1 Å². The summed E-state index contributed by atoms with van der Waals surface area (Å²) in [5, 5.41) is 3.59.